The van der Waals surface area contributed by atoms with Gasteiger partial charge in [-0.05, 0) is 74.6 Å². The van der Waals surface area contributed by atoms with Gasteiger partial charge in [-0.3, -0.25) is 9.59 Å². The van der Waals surface area contributed by atoms with Crippen LogP contribution >= 0.6 is 0 Å². The van der Waals surface area contributed by atoms with Gasteiger partial charge in [0.15, 0.2) is 0 Å². The van der Waals surface area contributed by atoms with E-state index in [4.69, 9.17) is 5.73 Å². The normalized spacial score (nSPS) is 15.9. The van der Waals surface area contributed by atoms with Gasteiger partial charge in [0.05, 0.1) is 12.1 Å². The second kappa shape index (κ2) is 14.8. The Bertz CT molecular complexity index is 1600. The van der Waals surface area contributed by atoms with Crippen molar-refractivity contribution in [3.8, 4) is 0 Å². The van der Waals surface area contributed by atoms with E-state index >= 15 is 4.79 Å². The molecule has 4 N–H and O–H groups in total. The molecule has 270 valence electrons. The van der Waals surface area contributed by atoms with Crippen LogP contribution in [-0.2, 0) is 20.8 Å². The van der Waals surface area contributed by atoms with E-state index in [1.165, 1.54) is 0 Å². The van der Waals surface area contributed by atoms with Crippen molar-refractivity contribution in [2.24, 2.45) is 23.0 Å². The number of aliphatic hydroxyl groups is 2. The number of hydrogen-bond donors (Lipinski definition) is 3. The maximum Gasteiger partial charge on any atom is 0.239 e. The molecule has 0 spiro atoms. The SMILES string of the molecule is Cc1ccc(C(O)(c2ccc(C)cc2)C(C(C)C)N(C(=O)C2(C(N)=O)CCCC2)C(C(C)C)C(O)(c2ccc(C)cc2)c2ccc(C)cc2)cc1. The Kier molecular flexibility index (Phi) is 11.0. The van der Waals surface area contributed by atoms with E-state index in [1.54, 1.807) is 4.90 Å². The molecule has 6 heteroatoms. The van der Waals surface area contributed by atoms with E-state index < -0.39 is 40.5 Å². The van der Waals surface area contributed by atoms with Crippen molar-refractivity contribution >= 4 is 11.8 Å². The number of carbonyl (C=O) groups is 2. The highest BCUT2D eigenvalue weighted by molar-refractivity contribution is 6.05. The summed E-state index contributed by atoms with van der Waals surface area (Å²) in [7, 11) is 0. The maximum absolute atomic E-state index is 15.8. The molecular weight excluding hydrogens is 633 g/mol. The molecule has 1 aliphatic carbocycles. The minimum Gasteiger partial charge on any atom is -0.378 e. The van der Waals surface area contributed by atoms with Gasteiger partial charge in [-0.2, -0.15) is 0 Å². The van der Waals surface area contributed by atoms with E-state index in [1.807, 2.05) is 152 Å². The highest BCUT2D eigenvalue weighted by Gasteiger charge is 2.59. The molecule has 6 nitrogen and oxygen atoms in total. The van der Waals surface area contributed by atoms with Gasteiger partial charge in [0.25, 0.3) is 0 Å². The van der Waals surface area contributed by atoms with E-state index in [9.17, 15) is 15.0 Å². The molecule has 1 saturated carbocycles. The van der Waals surface area contributed by atoms with Gasteiger partial charge in [0.2, 0.25) is 11.8 Å². The fourth-order valence-electron chi connectivity index (χ4n) is 8.47. The Hall–Kier alpha value is -4.26. The molecule has 0 saturated heterocycles. The van der Waals surface area contributed by atoms with Crippen LogP contribution in [0.15, 0.2) is 97.1 Å². The lowest BCUT2D eigenvalue weighted by Crippen LogP contribution is -2.68. The number of nitrogens with zero attached hydrogens (tertiary/aromatic N) is 1. The molecule has 4 aromatic carbocycles. The highest BCUT2D eigenvalue weighted by Crippen LogP contribution is 2.50. The Morgan fingerprint density at radius 2 is 0.824 bits per heavy atom. The van der Waals surface area contributed by atoms with Gasteiger partial charge in [-0.25, -0.2) is 0 Å². The molecule has 0 aliphatic heterocycles. The second-order valence-corrected chi connectivity index (χ2v) is 15.7. The fraction of sp³-hybridized carbons (Fsp3) is 0.422. The third-order valence-electron chi connectivity index (χ3n) is 11.3. The van der Waals surface area contributed by atoms with Crippen molar-refractivity contribution in [2.45, 2.75) is 104 Å². The van der Waals surface area contributed by atoms with Gasteiger partial charge in [0.1, 0.15) is 16.6 Å². The molecular formula is C45H56N2O4. The Balaban J connectivity index is 1.92. The van der Waals surface area contributed by atoms with Crippen LogP contribution in [0.4, 0.5) is 0 Å². The number of rotatable bonds is 12. The predicted molar refractivity (Wildman–Crippen MR) is 205 cm³/mol. The third-order valence-corrected chi connectivity index (χ3v) is 11.3. The number of primary amides is 1. The molecule has 1 aliphatic rings. The molecule has 0 aromatic heterocycles. The average molecular weight is 689 g/mol. The van der Waals surface area contributed by atoms with Crippen molar-refractivity contribution < 1.29 is 19.8 Å². The second-order valence-electron chi connectivity index (χ2n) is 15.7. The number of carbonyl (C=O) groups excluding carboxylic acids is 2. The first-order valence-electron chi connectivity index (χ1n) is 18.4. The third kappa shape index (κ3) is 6.88. The summed E-state index contributed by atoms with van der Waals surface area (Å²) in [6, 6.07) is 29.2. The van der Waals surface area contributed by atoms with Crippen molar-refractivity contribution in [1.29, 1.82) is 0 Å². The van der Waals surface area contributed by atoms with Gasteiger partial charge >= 0.3 is 0 Å². The summed E-state index contributed by atoms with van der Waals surface area (Å²) < 4.78 is 0. The van der Waals surface area contributed by atoms with Crippen molar-refractivity contribution in [1.82, 2.24) is 4.90 Å². The maximum atomic E-state index is 15.8. The first kappa shape index (κ1) is 38.0. The van der Waals surface area contributed by atoms with Gasteiger partial charge in [-0.15, -0.1) is 0 Å². The fourth-order valence-corrected chi connectivity index (χ4v) is 8.47. The Labute approximate surface area is 304 Å². The summed E-state index contributed by atoms with van der Waals surface area (Å²) in [5, 5.41) is 27.3. The van der Waals surface area contributed by atoms with Crippen LogP contribution in [0.2, 0.25) is 0 Å². The Morgan fingerprint density at radius 3 is 1.04 bits per heavy atom. The first-order chi connectivity index (χ1) is 24.1. The van der Waals surface area contributed by atoms with Crippen LogP contribution in [0.3, 0.4) is 0 Å². The first-order valence-corrected chi connectivity index (χ1v) is 18.4. The molecule has 0 bridgehead atoms. The molecule has 4 aromatic rings. The molecule has 2 unspecified atom stereocenters. The van der Waals surface area contributed by atoms with E-state index in [-0.39, 0.29) is 11.8 Å². The molecule has 1 fully saturated rings. The lowest BCUT2D eigenvalue weighted by atomic mass is 9.68. The van der Waals surface area contributed by atoms with Gasteiger partial charge in [-0.1, -0.05) is 160 Å². The lowest BCUT2D eigenvalue weighted by molar-refractivity contribution is -0.173. The van der Waals surface area contributed by atoms with Gasteiger partial charge in [0, 0.05) is 0 Å². The largest absolute Gasteiger partial charge is 0.378 e. The van der Waals surface area contributed by atoms with Crippen molar-refractivity contribution in [2.75, 3.05) is 0 Å². The lowest BCUT2D eigenvalue weighted by Gasteiger charge is -2.55. The minimum atomic E-state index is -1.75. The number of aryl methyl sites for hydroxylation is 4. The highest BCUT2D eigenvalue weighted by atomic mass is 16.3. The molecule has 5 rings (SSSR count). The number of nitrogens with two attached hydrogens (primary N) is 1. The standard InChI is InChI=1S/C45H56N2O4/c1-29(2)39(44(50,35-19-11-31(5)12-20-35)36-21-13-32(6)14-22-36)47(42(49)43(41(46)48)27-9-10-28-43)40(30(3)4)45(51,37-23-15-33(7)16-24-37)38-25-17-34(8)18-26-38/h11-26,29-30,39-40,50-51H,9-10,27-28H2,1-8H3,(H2,46,48). The van der Waals surface area contributed by atoms with Crippen molar-refractivity contribution in [3.63, 3.8) is 0 Å². The zero-order valence-corrected chi connectivity index (χ0v) is 31.6. The van der Waals surface area contributed by atoms with Crippen LogP contribution < -0.4 is 5.73 Å². The average Bonchev–Trinajstić information content (AvgIpc) is 3.60. The van der Waals surface area contributed by atoms with Crippen LogP contribution in [-0.4, -0.2) is 39.0 Å². The van der Waals surface area contributed by atoms with Crippen LogP contribution in [0, 0.1) is 44.9 Å². The zero-order chi connectivity index (χ0) is 37.3. The summed E-state index contributed by atoms with van der Waals surface area (Å²) in [6.45, 7) is 16.0. The predicted octanol–water partition coefficient (Wildman–Crippen LogP) is 8.02. The topological polar surface area (TPSA) is 104 Å². The summed E-state index contributed by atoms with van der Waals surface area (Å²) in [5.41, 5.74) is 7.85. The minimum absolute atomic E-state index is 0.314. The summed E-state index contributed by atoms with van der Waals surface area (Å²) in [6.07, 6.45) is 1.99. The number of amides is 2. The van der Waals surface area contributed by atoms with E-state index in [2.05, 4.69) is 0 Å². The van der Waals surface area contributed by atoms with Crippen LogP contribution in [0.25, 0.3) is 0 Å². The van der Waals surface area contributed by atoms with Crippen LogP contribution in [0.5, 0.6) is 0 Å². The van der Waals surface area contributed by atoms with Crippen molar-refractivity contribution in [3.05, 3.63) is 142 Å². The zero-order valence-electron chi connectivity index (χ0n) is 31.6. The van der Waals surface area contributed by atoms with E-state index in [0.29, 0.717) is 47.9 Å². The number of benzene rings is 4. The summed E-state index contributed by atoms with van der Waals surface area (Å²) >= 11 is 0. The molecule has 2 atom stereocenters. The number of hydrogen-bond acceptors (Lipinski definition) is 4. The molecule has 0 heterocycles. The summed E-state index contributed by atoms with van der Waals surface area (Å²) in [5.74, 6) is -1.81. The van der Waals surface area contributed by atoms with Crippen LogP contribution in [0.1, 0.15) is 97.9 Å². The Morgan fingerprint density at radius 1 is 0.569 bits per heavy atom. The van der Waals surface area contributed by atoms with E-state index in [0.717, 1.165) is 22.3 Å². The molecule has 2 amide bonds. The van der Waals surface area contributed by atoms with Gasteiger partial charge < -0.3 is 20.8 Å². The summed E-state index contributed by atoms with van der Waals surface area (Å²) in [4.78, 5) is 31.2. The quantitative estimate of drug-likeness (QED) is 0.131. The monoisotopic (exact) mass is 688 g/mol. The molecule has 51 heavy (non-hydrogen) atoms. The molecule has 0 radical (unpaired) electrons. The smallest absolute Gasteiger partial charge is 0.239 e.